The molecule has 1 saturated heterocycles. The van der Waals surface area contributed by atoms with E-state index in [1.807, 2.05) is 0 Å². The topological polar surface area (TPSA) is 85.4 Å². The summed E-state index contributed by atoms with van der Waals surface area (Å²) in [6.45, 7) is 5.53. The minimum Gasteiger partial charge on any atom is -0.338 e. The summed E-state index contributed by atoms with van der Waals surface area (Å²) in [6, 6.07) is 19.3. The molecule has 1 aromatic heterocycles. The Bertz CT molecular complexity index is 1350. The molecule has 1 aliphatic heterocycles. The van der Waals surface area contributed by atoms with Gasteiger partial charge in [0.2, 0.25) is 5.91 Å². The van der Waals surface area contributed by atoms with Crippen LogP contribution in [0.4, 0.5) is 0 Å². The van der Waals surface area contributed by atoms with Crippen molar-refractivity contribution in [3.8, 4) is 16.5 Å². The SMILES string of the molecule is CN1CCN(Cc2ccc(-c3cc4cc(CC(C#N)NC(=O)C5(N)CCCC6C[C@@H]65)ccc4s3)cc2)CC1. The van der Waals surface area contributed by atoms with E-state index in [1.54, 1.807) is 11.3 Å². The molecule has 6 nitrogen and oxygen atoms in total. The molecule has 6 rings (SSSR count). The molecule has 2 aliphatic carbocycles. The fourth-order valence-electron chi connectivity index (χ4n) is 6.38. The molecule has 38 heavy (non-hydrogen) atoms. The zero-order valence-electron chi connectivity index (χ0n) is 22.2. The highest BCUT2D eigenvalue weighted by Gasteiger charge is 2.56. The second-order valence-electron chi connectivity index (χ2n) is 11.7. The van der Waals surface area contributed by atoms with Crippen molar-refractivity contribution < 1.29 is 4.79 Å². The third-order valence-corrected chi connectivity index (χ3v) is 10.1. The Morgan fingerprint density at radius 2 is 1.92 bits per heavy atom. The van der Waals surface area contributed by atoms with E-state index < -0.39 is 11.6 Å². The minimum absolute atomic E-state index is 0.147. The van der Waals surface area contributed by atoms with Crippen molar-refractivity contribution in [1.29, 1.82) is 5.26 Å². The first-order chi connectivity index (χ1) is 18.4. The number of hydrogen-bond acceptors (Lipinski definition) is 6. The van der Waals surface area contributed by atoms with Crippen LogP contribution in [0.25, 0.3) is 20.5 Å². The molecule has 0 bridgehead atoms. The van der Waals surface area contributed by atoms with Gasteiger partial charge in [-0.05, 0) is 65.9 Å². The molecule has 1 amide bonds. The number of nitriles is 1. The van der Waals surface area contributed by atoms with Crippen molar-refractivity contribution in [3.63, 3.8) is 0 Å². The normalized spacial score (nSPS) is 26.4. The van der Waals surface area contributed by atoms with Crippen LogP contribution in [0.5, 0.6) is 0 Å². The predicted molar refractivity (Wildman–Crippen MR) is 154 cm³/mol. The summed E-state index contributed by atoms with van der Waals surface area (Å²) >= 11 is 1.79. The standard InChI is InChI=1S/C31H37N5OS/c1-35-11-13-36(14-12-35)20-21-4-7-23(8-5-21)29-18-25-15-22(6-9-28(25)38-29)16-26(19-32)34-30(37)31(33)10-2-3-24-17-27(24)31/h4-9,15,18,24,26-27H,2-3,10-14,16-17,20,33H2,1H3,(H,34,37)/t24?,26?,27-,31?/m0/s1. The van der Waals surface area contributed by atoms with E-state index >= 15 is 0 Å². The van der Waals surface area contributed by atoms with E-state index in [9.17, 15) is 10.1 Å². The molecular weight excluding hydrogens is 490 g/mol. The monoisotopic (exact) mass is 527 g/mol. The smallest absolute Gasteiger partial charge is 0.241 e. The number of likely N-dealkylation sites (N-methyl/N-ethyl adjacent to an activating group) is 1. The Hall–Kier alpha value is -2.76. The lowest BCUT2D eigenvalue weighted by atomic mass is 9.81. The van der Waals surface area contributed by atoms with Crippen LogP contribution in [0.1, 0.15) is 36.8 Å². The Balaban J connectivity index is 1.10. The van der Waals surface area contributed by atoms with Crippen molar-refractivity contribution >= 4 is 27.3 Å². The summed E-state index contributed by atoms with van der Waals surface area (Å²) in [6.07, 6.45) is 4.44. The van der Waals surface area contributed by atoms with Gasteiger partial charge in [0.05, 0.1) is 11.6 Å². The van der Waals surface area contributed by atoms with Gasteiger partial charge >= 0.3 is 0 Å². The molecule has 0 radical (unpaired) electrons. The summed E-state index contributed by atoms with van der Waals surface area (Å²) in [7, 11) is 2.19. The maximum absolute atomic E-state index is 13.0. The third-order valence-electron chi connectivity index (χ3n) is 8.89. The molecule has 7 heteroatoms. The van der Waals surface area contributed by atoms with Crippen LogP contribution < -0.4 is 11.1 Å². The molecule has 2 saturated carbocycles. The quantitative estimate of drug-likeness (QED) is 0.476. The number of benzene rings is 2. The number of nitrogens with one attached hydrogen (secondary N) is 1. The number of carbonyl (C=O) groups excluding carboxylic acids is 1. The number of carbonyl (C=O) groups is 1. The van der Waals surface area contributed by atoms with Gasteiger partial charge in [-0.15, -0.1) is 11.3 Å². The molecule has 3 aromatic rings. The van der Waals surface area contributed by atoms with Gasteiger partial charge in [0.25, 0.3) is 0 Å². The maximum Gasteiger partial charge on any atom is 0.241 e. The zero-order chi connectivity index (χ0) is 26.3. The Morgan fingerprint density at radius 1 is 1.16 bits per heavy atom. The van der Waals surface area contributed by atoms with Crippen LogP contribution in [-0.2, 0) is 17.8 Å². The van der Waals surface area contributed by atoms with Crippen LogP contribution in [0.3, 0.4) is 0 Å². The van der Waals surface area contributed by atoms with Gasteiger partial charge in [-0.2, -0.15) is 5.26 Å². The van der Waals surface area contributed by atoms with Crippen LogP contribution in [0.15, 0.2) is 48.5 Å². The van der Waals surface area contributed by atoms with Gasteiger partial charge in [0, 0.05) is 48.7 Å². The Morgan fingerprint density at radius 3 is 2.68 bits per heavy atom. The first-order valence-corrected chi connectivity index (χ1v) is 14.7. The van der Waals surface area contributed by atoms with Crippen molar-refractivity contribution in [3.05, 3.63) is 59.7 Å². The predicted octanol–water partition coefficient (Wildman–Crippen LogP) is 4.38. The van der Waals surface area contributed by atoms with Crippen LogP contribution >= 0.6 is 11.3 Å². The fraction of sp³-hybridized carbons (Fsp3) is 0.484. The number of nitrogens with zero attached hydrogens (tertiary/aromatic N) is 3. The lowest BCUT2D eigenvalue weighted by Crippen LogP contribution is -2.59. The summed E-state index contributed by atoms with van der Waals surface area (Å²) in [5.74, 6) is 0.742. The zero-order valence-corrected chi connectivity index (χ0v) is 23.0. The summed E-state index contributed by atoms with van der Waals surface area (Å²) in [5, 5.41) is 13.9. The molecule has 0 spiro atoms. The third kappa shape index (κ3) is 5.23. The molecule has 2 heterocycles. The Kier molecular flexibility index (Phi) is 7.00. The molecule has 3 aliphatic rings. The highest BCUT2D eigenvalue weighted by atomic mass is 32.1. The molecule has 3 fully saturated rings. The number of hydrogen-bond donors (Lipinski definition) is 2. The van der Waals surface area contributed by atoms with E-state index in [-0.39, 0.29) is 11.8 Å². The molecular formula is C31H37N5OS. The highest BCUT2D eigenvalue weighted by Crippen LogP contribution is 2.53. The van der Waals surface area contributed by atoms with Gasteiger partial charge in [-0.3, -0.25) is 9.69 Å². The van der Waals surface area contributed by atoms with Gasteiger partial charge in [-0.1, -0.05) is 49.2 Å². The average molecular weight is 528 g/mol. The van der Waals surface area contributed by atoms with E-state index in [4.69, 9.17) is 5.73 Å². The number of rotatable bonds is 7. The summed E-state index contributed by atoms with van der Waals surface area (Å²) < 4.78 is 1.23. The molecule has 4 atom stereocenters. The van der Waals surface area contributed by atoms with Crippen LogP contribution in [0, 0.1) is 23.2 Å². The minimum atomic E-state index is -0.801. The van der Waals surface area contributed by atoms with E-state index in [1.165, 1.54) is 32.5 Å². The lowest BCUT2D eigenvalue weighted by Gasteiger charge is -2.32. The van der Waals surface area contributed by atoms with E-state index in [0.29, 0.717) is 12.3 Å². The highest BCUT2D eigenvalue weighted by molar-refractivity contribution is 7.22. The molecule has 198 valence electrons. The van der Waals surface area contributed by atoms with Crippen LogP contribution in [0.2, 0.25) is 0 Å². The number of thiophene rings is 1. The number of amides is 1. The lowest BCUT2D eigenvalue weighted by molar-refractivity contribution is -0.128. The first kappa shape index (κ1) is 25.5. The largest absolute Gasteiger partial charge is 0.338 e. The van der Waals surface area contributed by atoms with E-state index in [2.05, 4.69) is 76.8 Å². The second-order valence-corrected chi connectivity index (χ2v) is 12.7. The maximum atomic E-state index is 13.0. The summed E-state index contributed by atoms with van der Waals surface area (Å²) in [5.41, 5.74) is 9.39. The average Bonchev–Trinajstić information content (AvgIpc) is 3.62. The first-order valence-electron chi connectivity index (χ1n) is 13.9. The van der Waals surface area contributed by atoms with Crippen LogP contribution in [-0.4, -0.2) is 60.5 Å². The van der Waals surface area contributed by atoms with Crippen molar-refractivity contribution in [2.75, 3.05) is 33.2 Å². The number of nitrogens with two attached hydrogens (primary N) is 1. The molecule has 3 unspecified atom stereocenters. The Labute approximate surface area is 229 Å². The molecule has 3 N–H and O–H groups in total. The fourth-order valence-corrected chi connectivity index (χ4v) is 7.43. The number of piperazine rings is 1. The van der Waals surface area contributed by atoms with Gasteiger partial charge < -0.3 is 16.0 Å². The van der Waals surface area contributed by atoms with Crippen molar-refractivity contribution in [2.45, 2.75) is 50.2 Å². The van der Waals surface area contributed by atoms with Crippen molar-refractivity contribution in [1.82, 2.24) is 15.1 Å². The number of fused-ring (bicyclic) bond motifs is 2. The van der Waals surface area contributed by atoms with Gasteiger partial charge in [0.1, 0.15) is 6.04 Å². The molecule has 2 aromatic carbocycles. The second kappa shape index (κ2) is 10.4. The van der Waals surface area contributed by atoms with E-state index in [0.717, 1.165) is 57.5 Å². The van der Waals surface area contributed by atoms with Gasteiger partial charge in [0.15, 0.2) is 0 Å². The van der Waals surface area contributed by atoms with Gasteiger partial charge in [-0.25, -0.2) is 0 Å². The summed E-state index contributed by atoms with van der Waals surface area (Å²) in [4.78, 5) is 19.2. The van der Waals surface area contributed by atoms with Crippen molar-refractivity contribution in [2.24, 2.45) is 17.6 Å².